The summed E-state index contributed by atoms with van der Waals surface area (Å²) >= 11 is 1.73. The lowest BCUT2D eigenvalue weighted by molar-refractivity contribution is -0.140. The van der Waals surface area contributed by atoms with Gasteiger partial charge in [0.2, 0.25) is 0 Å². The van der Waals surface area contributed by atoms with Crippen molar-refractivity contribution in [3.63, 3.8) is 0 Å². The van der Waals surface area contributed by atoms with Gasteiger partial charge in [0.25, 0.3) is 0 Å². The number of carbonyl (C=O) groups is 1. The van der Waals surface area contributed by atoms with E-state index >= 15 is 0 Å². The van der Waals surface area contributed by atoms with E-state index in [1.54, 1.807) is 11.8 Å². The topological polar surface area (TPSA) is 26.3 Å². The van der Waals surface area contributed by atoms with Crippen LogP contribution in [0.4, 0.5) is 0 Å². The maximum absolute atomic E-state index is 11.8. The summed E-state index contributed by atoms with van der Waals surface area (Å²) in [5.41, 5.74) is 0.230. The third-order valence-electron chi connectivity index (χ3n) is 2.98. The lowest BCUT2D eigenvalue weighted by Crippen LogP contribution is -2.48. The second-order valence-electron chi connectivity index (χ2n) is 5.12. The molecule has 1 saturated carbocycles. The Morgan fingerprint density at radius 3 is 2.71 bits per heavy atom. The Morgan fingerprint density at radius 2 is 2.14 bits per heavy atom. The van der Waals surface area contributed by atoms with E-state index in [0.29, 0.717) is 12.2 Å². The minimum atomic E-state index is -0.451. The zero-order valence-corrected chi connectivity index (χ0v) is 9.78. The number of rotatable bonds is 0. The van der Waals surface area contributed by atoms with Gasteiger partial charge in [-0.1, -0.05) is 13.8 Å². The van der Waals surface area contributed by atoms with Gasteiger partial charge in [0.15, 0.2) is 10.7 Å². The van der Waals surface area contributed by atoms with E-state index in [0.717, 1.165) is 31.6 Å². The smallest absolute Gasteiger partial charge is 0.174 e. The summed E-state index contributed by atoms with van der Waals surface area (Å²) in [4.78, 5) is 11.4. The third kappa shape index (κ3) is 1.84. The van der Waals surface area contributed by atoms with Gasteiger partial charge in [-0.2, -0.15) is 0 Å². The van der Waals surface area contributed by atoms with Crippen LogP contribution in [0, 0.1) is 5.41 Å². The van der Waals surface area contributed by atoms with Gasteiger partial charge in [-0.15, -0.1) is 11.8 Å². The maximum atomic E-state index is 11.8. The molecule has 0 bridgehead atoms. The van der Waals surface area contributed by atoms with Crippen molar-refractivity contribution in [2.24, 2.45) is 5.41 Å². The van der Waals surface area contributed by atoms with Crippen molar-refractivity contribution >= 4 is 17.5 Å². The lowest BCUT2D eigenvalue weighted by atomic mass is 9.93. The normalized spacial score (nSPS) is 37.4. The molecule has 1 saturated heterocycles. The largest absolute Gasteiger partial charge is 0.356 e. The Kier molecular flexibility index (Phi) is 2.64. The van der Waals surface area contributed by atoms with Crippen molar-refractivity contribution in [2.75, 3.05) is 12.4 Å². The van der Waals surface area contributed by atoms with Crippen LogP contribution in [0.2, 0.25) is 0 Å². The molecule has 1 heterocycles. The summed E-state index contributed by atoms with van der Waals surface area (Å²) in [5, 5.41) is 0. The first kappa shape index (κ1) is 10.5. The van der Waals surface area contributed by atoms with Gasteiger partial charge >= 0.3 is 0 Å². The number of hydrogen-bond donors (Lipinski definition) is 0. The van der Waals surface area contributed by atoms with Crippen LogP contribution in [0.25, 0.3) is 0 Å². The van der Waals surface area contributed by atoms with E-state index in [2.05, 4.69) is 13.8 Å². The van der Waals surface area contributed by atoms with Crippen molar-refractivity contribution in [3.05, 3.63) is 0 Å². The van der Waals surface area contributed by atoms with E-state index in [1.165, 1.54) is 0 Å². The monoisotopic (exact) mass is 214 g/mol. The molecular formula is C11H18O2S. The Labute approximate surface area is 89.8 Å². The van der Waals surface area contributed by atoms with Crippen LogP contribution >= 0.6 is 11.8 Å². The van der Waals surface area contributed by atoms with Crippen LogP contribution < -0.4 is 0 Å². The minimum Gasteiger partial charge on any atom is -0.356 e. The highest BCUT2D eigenvalue weighted by Crippen LogP contribution is 2.45. The first-order valence-electron chi connectivity index (χ1n) is 5.35. The van der Waals surface area contributed by atoms with Crippen molar-refractivity contribution in [3.8, 4) is 0 Å². The molecule has 1 aliphatic carbocycles. The molecule has 80 valence electrons. The first-order valence-corrected chi connectivity index (χ1v) is 6.34. The Balaban J connectivity index is 2.07. The molecule has 14 heavy (non-hydrogen) atoms. The Bertz CT molecular complexity index is 238. The number of thioether (sulfide) groups is 1. The second-order valence-corrected chi connectivity index (χ2v) is 6.36. The number of Topliss-reactive ketones (excluding diaryl/α,β-unsaturated/α-hetero) is 1. The fourth-order valence-corrected chi connectivity index (χ4v) is 3.39. The molecule has 0 aromatic carbocycles. The molecule has 2 rings (SSSR count). The van der Waals surface area contributed by atoms with Crippen LogP contribution in [0.1, 0.15) is 39.5 Å². The molecule has 0 radical (unpaired) electrons. The quantitative estimate of drug-likeness (QED) is 0.620. The predicted molar refractivity (Wildman–Crippen MR) is 58.4 cm³/mol. The van der Waals surface area contributed by atoms with Crippen molar-refractivity contribution in [1.82, 2.24) is 0 Å². The highest BCUT2D eigenvalue weighted by Gasteiger charge is 2.46. The molecule has 0 amide bonds. The van der Waals surface area contributed by atoms with Crippen LogP contribution in [0.15, 0.2) is 0 Å². The molecular weight excluding hydrogens is 196 g/mol. The molecule has 1 unspecified atom stereocenters. The third-order valence-corrected chi connectivity index (χ3v) is 4.92. The second kappa shape index (κ2) is 3.53. The molecule has 0 aromatic rings. The van der Waals surface area contributed by atoms with Crippen molar-refractivity contribution in [2.45, 2.75) is 44.5 Å². The number of ether oxygens (including phenoxy) is 1. The van der Waals surface area contributed by atoms with E-state index in [-0.39, 0.29) is 5.41 Å². The minimum absolute atomic E-state index is 0.230. The van der Waals surface area contributed by atoms with Crippen LogP contribution in [-0.4, -0.2) is 23.1 Å². The summed E-state index contributed by atoms with van der Waals surface area (Å²) < 4.78 is 5.85. The summed E-state index contributed by atoms with van der Waals surface area (Å²) in [5.74, 6) is 1.36. The predicted octanol–water partition coefficient (Wildman–Crippen LogP) is 2.62. The summed E-state index contributed by atoms with van der Waals surface area (Å²) in [6, 6.07) is 0. The van der Waals surface area contributed by atoms with Gasteiger partial charge in [-0.25, -0.2) is 0 Å². The first-order chi connectivity index (χ1) is 6.54. The van der Waals surface area contributed by atoms with E-state index in [9.17, 15) is 4.79 Å². The molecule has 0 N–H and O–H groups in total. The highest BCUT2D eigenvalue weighted by molar-refractivity contribution is 8.01. The SMILES string of the molecule is CC1(C)COC2(CCCCC2=O)SC1. The Hall–Kier alpha value is -0.0200. The van der Waals surface area contributed by atoms with Gasteiger partial charge in [-0.3, -0.25) is 4.79 Å². The molecule has 2 nitrogen and oxygen atoms in total. The van der Waals surface area contributed by atoms with Crippen molar-refractivity contribution in [1.29, 1.82) is 0 Å². The van der Waals surface area contributed by atoms with E-state index < -0.39 is 4.93 Å². The highest BCUT2D eigenvalue weighted by atomic mass is 32.2. The number of ketones is 1. The standard InChI is InChI=1S/C11H18O2S/c1-10(2)7-13-11(14-8-10)6-4-3-5-9(11)12/h3-8H2,1-2H3. The average molecular weight is 214 g/mol. The molecule has 2 aliphatic rings. The fraction of sp³-hybridized carbons (Fsp3) is 0.909. The van der Waals surface area contributed by atoms with Gasteiger partial charge in [0.1, 0.15) is 0 Å². The zero-order valence-electron chi connectivity index (χ0n) is 8.97. The Morgan fingerprint density at radius 1 is 1.36 bits per heavy atom. The zero-order chi connectivity index (χ0) is 10.2. The van der Waals surface area contributed by atoms with Gasteiger partial charge in [-0.05, 0) is 24.7 Å². The van der Waals surface area contributed by atoms with Crippen LogP contribution in [0.5, 0.6) is 0 Å². The van der Waals surface area contributed by atoms with E-state index in [1.807, 2.05) is 0 Å². The number of carbonyl (C=O) groups excluding carboxylic acids is 1. The van der Waals surface area contributed by atoms with Crippen LogP contribution in [0.3, 0.4) is 0 Å². The molecule has 1 aliphatic heterocycles. The van der Waals surface area contributed by atoms with Crippen molar-refractivity contribution < 1.29 is 9.53 Å². The molecule has 1 spiro atoms. The lowest BCUT2D eigenvalue weighted by Gasteiger charge is -2.43. The fourth-order valence-electron chi connectivity index (χ4n) is 1.99. The summed E-state index contributed by atoms with van der Waals surface area (Å²) in [6.07, 6.45) is 3.83. The van der Waals surface area contributed by atoms with Gasteiger partial charge in [0, 0.05) is 12.2 Å². The summed E-state index contributed by atoms with van der Waals surface area (Å²) in [6.45, 7) is 5.12. The van der Waals surface area contributed by atoms with Gasteiger partial charge in [0.05, 0.1) is 6.61 Å². The molecule has 0 aromatic heterocycles. The number of hydrogen-bond acceptors (Lipinski definition) is 3. The molecule has 2 fully saturated rings. The summed E-state index contributed by atoms with van der Waals surface area (Å²) in [7, 11) is 0. The van der Waals surface area contributed by atoms with Crippen LogP contribution in [-0.2, 0) is 9.53 Å². The molecule has 1 atom stereocenters. The average Bonchev–Trinajstić information content (AvgIpc) is 2.15. The maximum Gasteiger partial charge on any atom is 0.174 e. The van der Waals surface area contributed by atoms with Gasteiger partial charge < -0.3 is 4.74 Å². The van der Waals surface area contributed by atoms with E-state index in [4.69, 9.17) is 4.74 Å². The molecule has 3 heteroatoms.